The van der Waals surface area contributed by atoms with Crippen LogP contribution in [0.5, 0.6) is 0 Å². The van der Waals surface area contributed by atoms with Gasteiger partial charge in [0.25, 0.3) is 0 Å². The lowest BCUT2D eigenvalue weighted by molar-refractivity contribution is -0.142. The van der Waals surface area contributed by atoms with Crippen molar-refractivity contribution in [2.75, 3.05) is 38.8 Å². The quantitative estimate of drug-likeness (QED) is 0.598. The molecule has 16 heavy (non-hydrogen) atoms. The van der Waals surface area contributed by atoms with Gasteiger partial charge in [0, 0.05) is 14.2 Å². The molecule has 0 atom stereocenters. The van der Waals surface area contributed by atoms with E-state index in [1.54, 1.807) is 0 Å². The van der Waals surface area contributed by atoms with Crippen LogP contribution in [0.2, 0.25) is 0 Å². The third-order valence-electron chi connectivity index (χ3n) is 1.74. The molecule has 0 unspecified atom stereocenters. The molecule has 0 rings (SSSR count). The standard InChI is InChI=1S/C8H15NO6S/c1-9(5-8(11)12)7(10)6-16(13,14)4-3-15-2/h3-6H2,1-2H3,(H,11,12). The van der Waals surface area contributed by atoms with Gasteiger partial charge < -0.3 is 14.7 Å². The molecular weight excluding hydrogens is 238 g/mol. The van der Waals surface area contributed by atoms with Gasteiger partial charge in [0.1, 0.15) is 12.3 Å². The Hall–Kier alpha value is -1.15. The van der Waals surface area contributed by atoms with Gasteiger partial charge in [-0.3, -0.25) is 9.59 Å². The number of carbonyl (C=O) groups excluding carboxylic acids is 1. The number of ether oxygens (including phenoxy) is 1. The van der Waals surface area contributed by atoms with E-state index in [-0.39, 0.29) is 12.4 Å². The fourth-order valence-corrected chi connectivity index (χ4v) is 2.03. The van der Waals surface area contributed by atoms with E-state index in [0.717, 1.165) is 4.90 Å². The summed E-state index contributed by atoms with van der Waals surface area (Å²) in [5.41, 5.74) is 0. The van der Waals surface area contributed by atoms with Crippen molar-refractivity contribution in [1.29, 1.82) is 0 Å². The summed E-state index contributed by atoms with van der Waals surface area (Å²) < 4.78 is 27.2. The highest BCUT2D eigenvalue weighted by Crippen LogP contribution is 1.95. The molecule has 0 aliphatic carbocycles. The monoisotopic (exact) mass is 253 g/mol. The molecule has 1 N–H and O–H groups in total. The van der Waals surface area contributed by atoms with Crippen LogP contribution in [0.25, 0.3) is 0 Å². The minimum atomic E-state index is -3.53. The molecule has 0 aliphatic rings. The second-order valence-corrected chi connectivity index (χ2v) is 5.41. The van der Waals surface area contributed by atoms with Crippen LogP contribution >= 0.6 is 0 Å². The van der Waals surface area contributed by atoms with E-state index in [4.69, 9.17) is 5.11 Å². The fourth-order valence-electron chi connectivity index (χ4n) is 0.872. The first-order valence-electron chi connectivity index (χ1n) is 4.43. The number of carboxylic acid groups (broad SMARTS) is 1. The summed E-state index contributed by atoms with van der Waals surface area (Å²) >= 11 is 0. The van der Waals surface area contributed by atoms with Crippen LogP contribution in [0.4, 0.5) is 0 Å². The smallest absolute Gasteiger partial charge is 0.323 e. The number of hydrogen-bond donors (Lipinski definition) is 1. The van der Waals surface area contributed by atoms with E-state index in [0.29, 0.717) is 0 Å². The van der Waals surface area contributed by atoms with E-state index < -0.39 is 34.0 Å². The molecule has 0 aromatic rings. The fraction of sp³-hybridized carbons (Fsp3) is 0.750. The first-order valence-corrected chi connectivity index (χ1v) is 6.25. The van der Waals surface area contributed by atoms with Gasteiger partial charge in [-0.2, -0.15) is 0 Å². The molecule has 0 aliphatic heterocycles. The van der Waals surface area contributed by atoms with Crippen molar-refractivity contribution in [2.45, 2.75) is 0 Å². The summed E-state index contributed by atoms with van der Waals surface area (Å²) in [6, 6.07) is 0. The number of hydrogen-bond acceptors (Lipinski definition) is 5. The summed E-state index contributed by atoms with van der Waals surface area (Å²) in [7, 11) is -0.939. The topological polar surface area (TPSA) is 101 Å². The first kappa shape index (κ1) is 14.8. The third kappa shape index (κ3) is 6.36. The highest BCUT2D eigenvalue weighted by molar-refractivity contribution is 7.92. The van der Waals surface area contributed by atoms with Crippen LogP contribution < -0.4 is 0 Å². The van der Waals surface area contributed by atoms with Gasteiger partial charge in [-0.1, -0.05) is 0 Å². The lowest BCUT2D eigenvalue weighted by Gasteiger charge is -2.14. The van der Waals surface area contributed by atoms with E-state index in [1.807, 2.05) is 0 Å². The summed E-state index contributed by atoms with van der Waals surface area (Å²) in [4.78, 5) is 22.4. The van der Waals surface area contributed by atoms with Gasteiger partial charge in [0.05, 0.1) is 12.4 Å². The second kappa shape index (κ2) is 6.44. The molecule has 7 nitrogen and oxygen atoms in total. The predicted molar refractivity (Wildman–Crippen MR) is 55.8 cm³/mol. The van der Waals surface area contributed by atoms with Crippen LogP contribution in [0.15, 0.2) is 0 Å². The average molecular weight is 253 g/mol. The van der Waals surface area contributed by atoms with E-state index >= 15 is 0 Å². The van der Waals surface area contributed by atoms with Crippen molar-refractivity contribution in [2.24, 2.45) is 0 Å². The van der Waals surface area contributed by atoms with Crippen LogP contribution in [0, 0.1) is 0 Å². The Balaban J connectivity index is 4.27. The summed E-state index contributed by atoms with van der Waals surface area (Å²) in [6.07, 6.45) is 0. The Morgan fingerprint density at radius 3 is 2.38 bits per heavy atom. The minimum Gasteiger partial charge on any atom is -0.480 e. The summed E-state index contributed by atoms with van der Waals surface area (Å²) in [6.45, 7) is -0.503. The number of aliphatic carboxylic acids is 1. The number of rotatable bonds is 7. The maximum absolute atomic E-state index is 11.3. The molecule has 0 spiro atoms. The lowest BCUT2D eigenvalue weighted by Crippen LogP contribution is -2.37. The van der Waals surface area contributed by atoms with Gasteiger partial charge in [-0.05, 0) is 0 Å². The van der Waals surface area contributed by atoms with Gasteiger partial charge in [0.2, 0.25) is 5.91 Å². The molecule has 0 aromatic carbocycles. The lowest BCUT2D eigenvalue weighted by atomic mass is 10.5. The maximum atomic E-state index is 11.3. The molecule has 94 valence electrons. The number of methoxy groups -OCH3 is 1. The van der Waals surface area contributed by atoms with Gasteiger partial charge >= 0.3 is 5.97 Å². The number of sulfone groups is 1. The van der Waals surface area contributed by atoms with Gasteiger partial charge in [-0.25, -0.2) is 8.42 Å². The largest absolute Gasteiger partial charge is 0.480 e. The van der Waals surface area contributed by atoms with Crippen LogP contribution in [0.3, 0.4) is 0 Å². The zero-order valence-electron chi connectivity index (χ0n) is 9.17. The number of amides is 1. The summed E-state index contributed by atoms with van der Waals surface area (Å²) in [5.74, 6) is -2.88. The normalized spacial score (nSPS) is 11.1. The van der Waals surface area contributed by atoms with Crippen LogP contribution in [-0.4, -0.2) is 69.1 Å². The average Bonchev–Trinajstić information content (AvgIpc) is 2.13. The maximum Gasteiger partial charge on any atom is 0.323 e. The Kier molecular flexibility index (Phi) is 5.97. The molecule has 0 saturated heterocycles. The van der Waals surface area contributed by atoms with Gasteiger partial charge in [0.15, 0.2) is 9.84 Å². The predicted octanol–water partition coefficient (Wildman–Crippen LogP) is -1.41. The highest BCUT2D eigenvalue weighted by Gasteiger charge is 2.20. The molecule has 1 amide bonds. The SMILES string of the molecule is COCCS(=O)(=O)CC(=O)N(C)CC(=O)O. The van der Waals surface area contributed by atoms with Gasteiger partial charge in [-0.15, -0.1) is 0 Å². The van der Waals surface area contributed by atoms with E-state index in [9.17, 15) is 18.0 Å². The Morgan fingerprint density at radius 1 is 1.38 bits per heavy atom. The third-order valence-corrected chi connectivity index (χ3v) is 3.22. The number of nitrogens with zero attached hydrogens (tertiary/aromatic N) is 1. The molecule has 0 fully saturated rings. The van der Waals surface area contributed by atoms with E-state index in [2.05, 4.69) is 4.74 Å². The van der Waals surface area contributed by atoms with E-state index in [1.165, 1.54) is 14.2 Å². The Bertz CT molecular complexity index is 350. The van der Waals surface area contributed by atoms with Crippen molar-refractivity contribution in [1.82, 2.24) is 4.90 Å². The molecule has 0 aromatic heterocycles. The zero-order chi connectivity index (χ0) is 12.8. The summed E-state index contributed by atoms with van der Waals surface area (Å²) in [5, 5.41) is 8.41. The molecule has 0 bridgehead atoms. The first-order chi connectivity index (χ1) is 7.28. The molecule has 0 heterocycles. The van der Waals surface area contributed by atoms with Crippen molar-refractivity contribution in [3.8, 4) is 0 Å². The molecule has 0 saturated carbocycles. The molecule has 0 radical (unpaired) electrons. The Labute approximate surface area is 93.9 Å². The zero-order valence-corrected chi connectivity index (χ0v) is 9.99. The number of carbonyl (C=O) groups is 2. The second-order valence-electron chi connectivity index (χ2n) is 3.23. The van der Waals surface area contributed by atoms with Crippen LogP contribution in [-0.2, 0) is 24.2 Å². The molecule has 8 heteroatoms. The Morgan fingerprint density at radius 2 is 1.94 bits per heavy atom. The number of likely N-dealkylation sites (N-methyl/N-ethyl adjacent to an activating group) is 1. The van der Waals surface area contributed by atoms with Crippen molar-refractivity contribution < 1.29 is 27.9 Å². The highest BCUT2D eigenvalue weighted by atomic mass is 32.2. The van der Waals surface area contributed by atoms with Crippen molar-refractivity contribution in [3.63, 3.8) is 0 Å². The van der Waals surface area contributed by atoms with Crippen molar-refractivity contribution in [3.05, 3.63) is 0 Å². The molecular formula is C8H15NO6S. The minimum absolute atomic E-state index is 0.0122. The van der Waals surface area contributed by atoms with Crippen molar-refractivity contribution >= 4 is 21.7 Å². The number of carboxylic acids is 1. The van der Waals surface area contributed by atoms with Crippen LogP contribution in [0.1, 0.15) is 0 Å².